The normalized spacial score (nSPS) is 15.0. The molecule has 2 N–H and O–H groups in total. The van der Waals surface area contributed by atoms with Crippen LogP contribution in [-0.2, 0) is 0 Å². The summed E-state index contributed by atoms with van der Waals surface area (Å²) in [6.45, 7) is 0. The molecule has 0 amide bonds. The molecule has 1 aromatic carbocycles. The molecule has 126 valence electrons. The Morgan fingerprint density at radius 3 is 2.54 bits per heavy atom. The Kier molecular flexibility index (Phi) is 5.10. The van der Waals surface area contributed by atoms with Crippen LogP contribution in [0.15, 0.2) is 30.6 Å². The second-order valence-corrected chi connectivity index (χ2v) is 6.17. The maximum absolute atomic E-state index is 11.6. The predicted molar refractivity (Wildman–Crippen MR) is 93.9 cm³/mol. The number of para-hydroxylation sites is 1. The number of nitrogens with zero attached hydrogens (tertiary/aromatic N) is 3. The van der Waals surface area contributed by atoms with Crippen LogP contribution in [0.3, 0.4) is 0 Å². The minimum absolute atomic E-state index is 0.126. The lowest BCUT2D eigenvalue weighted by Gasteiger charge is -2.23. The van der Waals surface area contributed by atoms with Crippen molar-refractivity contribution < 1.29 is 4.92 Å². The Labute approximate surface area is 144 Å². The number of rotatable bonds is 5. The molecule has 0 bridgehead atoms. The van der Waals surface area contributed by atoms with Crippen LogP contribution in [0.1, 0.15) is 32.1 Å². The maximum Gasteiger partial charge on any atom is 0.353 e. The predicted octanol–water partition coefficient (Wildman–Crippen LogP) is 4.53. The highest BCUT2D eigenvalue weighted by Crippen LogP contribution is 2.34. The summed E-state index contributed by atoms with van der Waals surface area (Å²) >= 11 is 6.11. The Morgan fingerprint density at radius 1 is 1.12 bits per heavy atom. The summed E-state index contributed by atoms with van der Waals surface area (Å²) in [6, 6.07) is 7.24. The van der Waals surface area contributed by atoms with Crippen molar-refractivity contribution in [1.29, 1.82) is 0 Å². The summed E-state index contributed by atoms with van der Waals surface area (Å²) in [5.41, 5.74) is 0.396. The first-order valence-electron chi connectivity index (χ1n) is 7.92. The summed E-state index contributed by atoms with van der Waals surface area (Å²) < 4.78 is 0. The summed E-state index contributed by atoms with van der Waals surface area (Å²) in [6.07, 6.45) is 6.77. The van der Waals surface area contributed by atoms with Crippen LogP contribution in [0.25, 0.3) is 0 Å². The molecule has 1 saturated carbocycles. The fraction of sp³-hybridized carbons (Fsp3) is 0.375. The quantitative estimate of drug-likeness (QED) is 0.609. The highest BCUT2D eigenvalue weighted by Gasteiger charge is 2.26. The number of hydrogen-bond donors (Lipinski definition) is 2. The maximum atomic E-state index is 11.6. The first kappa shape index (κ1) is 16.4. The van der Waals surface area contributed by atoms with Crippen molar-refractivity contribution in [2.75, 3.05) is 10.6 Å². The number of aromatic nitrogens is 2. The van der Waals surface area contributed by atoms with Gasteiger partial charge in [-0.15, -0.1) is 0 Å². The lowest BCUT2D eigenvalue weighted by atomic mass is 9.95. The monoisotopic (exact) mass is 347 g/mol. The molecular formula is C16H18ClN5O2. The zero-order valence-corrected chi connectivity index (χ0v) is 13.8. The topological polar surface area (TPSA) is 93.0 Å². The molecular weight excluding hydrogens is 330 g/mol. The van der Waals surface area contributed by atoms with E-state index in [-0.39, 0.29) is 23.4 Å². The zero-order valence-electron chi connectivity index (χ0n) is 13.0. The number of anilines is 3. The third kappa shape index (κ3) is 3.73. The van der Waals surface area contributed by atoms with E-state index < -0.39 is 4.92 Å². The molecule has 0 radical (unpaired) electrons. The minimum atomic E-state index is -0.468. The largest absolute Gasteiger partial charge is 0.361 e. The van der Waals surface area contributed by atoms with Crippen molar-refractivity contribution in [2.45, 2.75) is 38.1 Å². The average molecular weight is 348 g/mol. The van der Waals surface area contributed by atoms with E-state index in [4.69, 9.17) is 11.6 Å². The van der Waals surface area contributed by atoms with Crippen LogP contribution in [0.5, 0.6) is 0 Å². The molecule has 0 saturated heterocycles. The molecule has 0 spiro atoms. The lowest BCUT2D eigenvalue weighted by molar-refractivity contribution is -0.383. The van der Waals surface area contributed by atoms with Crippen molar-refractivity contribution in [1.82, 2.24) is 9.97 Å². The van der Waals surface area contributed by atoms with Gasteiger partial charge >= 0.3 is 5.69 Å². The van der Waals surface area contributed by atoms with E-state index in [1.54, 1.807) is 24.3 Å². The van der Waals surface area contributed by atoms with Gasteiger partial charge in [0.1, 0.15) is 6.33 Å². The highest BCUT2D eigenvalue weighted by molar-refractivity contribution is 6.33. The van der Waals surface area contributed by atoms with Gasteiger partial charge in [0.05, 0.1) is 15.6 Å². The molecule has 1 aliphatic carbocycles. The molecule has 0 atom stereocenters. The van der Waals surface area contributed by atoms with Gasteiger partial charge in [-0.3, -0.25) is 10.1 Å². The first-order valence-corrected chi connectivity index (χ1v) is 8.30. The van der Waals surface area contributed by atoms with Crippen LogP contribution < -0.4 is 10.6 Å². The van der Waals surface area contributed by atoms with Gasteiger partial charge in [-0.05, 0) is 25.0 Å². The van der Waals surface area contributed by atoms with Crippen molar-refractivity contribution in [3.05, 3.63) is 45.7 Å². The van der Waals surface area contributed by atoms with Crippen LogP contribution in [0.2, 0.25) is 5.02 Å². The van der Waals surface area contributed by atoms with Crippen molar-refractivity contribution in [3.8, 4) is 0 Å². The van der Waals surface area contributed by atoms with Gasteiger partial charge in [-0.25, -0.2) is 9.97 Å². The number of nitrogens with one attached hydrogen (secondary N) is 2. The van der Waals surface area contributed by atoms with Crippen LogP contribution in [0.4, 0.5) is 23.0 Å². The molecule has 0 unspecified atom stereocenters. The fourth-order valence-corrected chi connectivity index (χ4v) is 3.06. The van der Waals surface area contributed by atoms with Gasteiger partial charge in [0.2, 0.25) is 11.6 Å². The van der Waals surface area contributed by atoms with Crippen LogP contribution >= 0.6 is 11.6 Å². The smallest absolute Gasteiger partial charge is 0.353 e. The number of benzene rings is 1. The minimum Gasteiger partial charge on any atom is -0.361 e. The Balaban J connectivity index is 1.90. The van der Waals surface area contributed by atoms with E-state index in [0.29, 0.717) is 10.7 Å². The van der Waals surface area contributed by atoms with Gasteiger partial charge in [0.25, 0.3) is 0 Å². The molecule has 3 rings (SSSR count). The van der Waals surface area contributed by atoms with Gasteiger partial charge in [0.15, 0.2) is 0 Å². The van der Waals surface area contributed by atoms with Gasteiger partial charge in [-0.1, -0.05) is 43.0 Å². The van der Waals surface area contributed by atoms with E-state index in [0.717, 1.165) is 25.7 Å². The van der Waals surface area contributed by atoms with Crippen molar-refractivity contribution in [2.24, 2.45) is 0 Å². The SMILES string of the molecule is O=[N+]([O-])c1c(Nc2ccccc2Cl)ncnc1NC1CCCCC1. The Hall–Kier alpha value is -2.41. The van der Waals surface area contributed by atoms with Crippen molar-refractivity contribution in [3.63, 3.8) is 0 Å². The molecule has 2 aromatic rings. The molecule has 1 heterocycles. The first-order chi connectivity index (χ1) is 11.6. The van der Waals surface area contributed by atoms with E-state index in [1.807, 2.05) is 0 Å². The molecule has 1 aromatic heterocycles. The van der Waals surface area contributed by atoms with E-state index in [9.17, 15) is 10.1 Å². The number of hydrogen-bond acceptors (Lipinski definition) is 6. The molecule has 1 fully saturated rings. The second-order valence-electron chi connectivity index (χ2n) is 5.76. The summed E-state index contributed by atoms with van der Waals surface area (Å²) in [5, 5.41) is 18.2. The van der Waals surface area contributed by atoms with E-state index >= 15 is 0 Å². The highest BCUT2D eigenvalue weighted by atomic mass is 35.5. The molecule has 7 nitrogen and oxygen atoms in total. The fourth-order valence-electron chi connectivity index (χ4n) is 2.88. The average Bonchev–Trinajstić information content (AvgIpc) is 2.58. The van der Waals surface area contributed by atoms with Crippen molar-refractivity contribution >= 4 is 34.6 Å². The van der Waals surface area contributed by atoms with Gasteiger partial charge < -0.3 is 10.6 Å². The van der Waals surface area contributed by atoms with E-state index in [2.05, 4.69) is 20.6 Å². The number of nitro groups is 1. The lowest BCUT2D eigenvalue weighted by Crippen LogP contribution is -2.23. The second kappa shape index (κ2) is 7.44. The van der Waals surface area contributed by atoms with Gasteiger partial charge in [-0.2, -0.15) is 0 Å². The Morgan fingerprint density at radius 2 is 1.83 bits per heavy atom. The number of halogens is 1. The summed E-state index contributed by atoms with van der Waals surface area (Å²) in [5.74, 6) is 0.373. The molecule has 24 heavy (non-hydrogen) atoms. The zero-order chi connectivity index (χ0) is 16.9. The summed E-state index contributed by atoms with van der Waals surface area (Å²) in [7, 11) is 0. The Bertz CT molecular complexity index is 734. The van der Waals surface area contributed by atoms with Gasteiger partial charge in [0, 0.05) is 6.04 Å². The third-order valence-electron chi connectivity index (χ3n) is 4.08. The van der Waals surface area contributed by atoms with Crippen LogP contribution in [-0.4, -0.2) is 20.9 Å². The third-order valence-corrected chi connectivity index (χ3v) is 4.41. The molecule has 8 heteroatoms. The van der Waals surface area contributed by atoms with E-state index in [1.165, 1.54) is 12.7 Å². The standard InChI is InChI=1S/C16H18ClN5O2/c17-12-8-4-5-9-13(12)21-16-14(22(23)24)15(18-10-19-16)20-11-6-2-1-3-7-11/h4-5,8-11H,1-3,6-7H2,(H2,18,19,20,21). The summed E-state index contributed by atoms with van der Waals surface area (Å²) in [4.78, 5) is 19.2. The molecule has 0 aliphatic heterocycles. The molecule has 1 aliphatic rings. The van der Waals surface area contributed by atoms with Crippen LogP contribution in [0, 0.1) is 10.1 Å².